The number of hydrogen-bond donors (Lipinski definition) is 2. The van der Waals surface area contributed by atoms with E-state index in [0.717, 1.165) is 12.8 Å². The van der Waals surface area contributed by atoms with Crippen LogP contribution < -0.4 is 5.32 Å². The zero-order valence-electron chi connectivity index (χ0n) is 10.2. The van der Waals surface area contributed by atoms with Crippen molar-refractivity contribution < 1.29 is 19.1 Å². The predicted molar refractivity (Wildman–Crippen MR) is 62.2 cm³/mol. The zero-order valence-corrected chi connectivity index (χ0v) is 10.2. The van der Waals surface area contributed by atoms with Crippen molar-refractivity contribution in [2.24, 2.45) is 0 Å². The van der Waals surface area contributed by atoms with Crippen LogP contribution in [0.1, 0.15) is 48.4 Å². The molecule has 1 aliphatic carbocycles. The van der Waals surface area contributed by atoms with Gasteiger partial charge in [-0.3, -0.25) is 9.59 Å². The van der Waals surface area contributed by atoms with E-state index in [9.17, 15) is 9.59 Å². The zero-order chi connectivity index (χ0) is 13.2. The molecule has 1 aliphatic rings. The molecule has 0 spiro atoms. The quantitative estimate of drug-likeness (QED) is 0.847. The summed E-state index contributed by atoms with van der Waals surface area (Å²) in [4.78, 5) is 26.8. The van der Waals surface area contributed by atoms with Crippen LogP contribution in [0, 0.1) is 6.92 Å². The summed E-state index contributed by atoms with van der Waals surface area (Å²) >= 11 is 0. The van der Waals surface area contributed by atoms with E-state index in [0.29, 0.717) is 18.6 Å². The second-order valence-corrected chi connectivity index (χ2v) is 4.77. The minimum Gasteiger partial charge on any atom is -0.481 e. The molecule has 1 aromatic rings. The van der Waals surface area contributed by atoms with Gasteiger partial charge < -0.3 is 14.8 Å². The lowest BCUT2D eigenvalue weighted by molar-refractivity contribution is -0.138. The Morgan fingerprint density at radius 2 is 2.17 bits per heavy atom. The Labute approximate surface area is 104 Å². The molecule has 0 bridgehead atoms. The molecule has 0 unspecified atom stereocenters. The fraction of sp³-hybridized carbons (Fsp3) is 0.583. The van der Waals surface area contributed by atoms with Crippen LogP contribution in [0.5, 0.6) is 0 Å². The average molecular weight is 252 g/mol. The van der Waals surface area contributed by atoms with E-state index >= 15 is 0 Å². The van der Waals surface area contributed by atoms with Crippen molar-refractivity contribution in [1.82, 2.24) is 10.3 Å². The first-order valence-electron chi connectivity index (χ1n) is 5.97. The average Bonchev–Trinajstić information content (AvgIpc) is 2.86. The van der Waals surface area contributed by atoms with Gasteiger partial charge in [-0.15, -0.1) is 0 Å². The molecule has 2 rings (SSSR count). The summed E-state index contributed by atoms with van der Waals surface area (Å²) in [6.45, 7) is 1.65. The van der Waals surface area contributed by atoms with E-state index in [1.165, 1.54) is 6.39 Å². The van der Waals surface area contributed by atoms with E-state index in [1.807, 2.05) is 0 Å². The molecule has 6 heteroatoms. The van der Waals surface area contributed by atoms with Crippen molar-refractivity contribution in [2.45, 2.75) is 44.6 Å². The van der Waals surface area contributed by atoms with Crippen LogP contribution in [0.25, 0.3) is 0 Å². The maximum Gasteiger partial charge on any atom is 0.305 e. The minimum absolute atomic E-state index is 0.0460. The van der Waals surface area contributed by atoms with Crippen LogP contribution in [-0.4, -0.2) is 27.5 Å². The molecule has 0 aliphatic heterocycles. The standard InChI is InChI=1S/C12H16N2O4/c1-8-10(13-7-18-8)11(17)14-12(6-9(15)16)4-2-3-5-12/h7H,2-6H2,1H3,(H,14,17)(H,15,16). The molecule has 98 valence electrons. The van der Waals surface area contributed by atoms with E-state index in [4.69, 9.17) is 9.52 Å². The summed E-state index contributed by atoms with van der Waals surface area (Å²) in [7, 11) is 0. The summed E-state index contributed by atoms with van der Waals surface area (Å²) in [5.74, 6) is -0.811. The third-order valence-corrected chi connectivity index (χ3v) is 3.39. The summed E-state index contributed by atoms with van der Waals surface area (Å²) < 4.78 is 4.98. The normalized spacial score (nSPS) is 17.6. The third kappa shape index (κ3) is 2.52. The lowest BCUT2D eigenvalue weighted by Gasteiger charge is -2.28. The minimum atomic E-state index is -0.894. The number of aryl methyl sites for hydroxylation is 1. The van der Waals surface area contributed by atoms with Crippen LogP contribution in [-0.2, 0) is 4.79 Å². The van der Waals surface area contributed by atoms with Gasteiger partial charge in [0.2, 0.25) is 0 Å². The molecule has 0 atom stereocenters. The number of rotatable bonds is 4. The van der Waals surface area contributed by atoms with Crippen molar-refractivity contribution in [2.75, 3.05) is 0 Å². The molecule has 0 saturated heterocycles. The molecule has 6 nitrogen and oxygen atoms in total. The first-order chi connectivity index (χ1) is 8.52. The molecule has 0 aromatic carbocycles. The molecule has 1 aromatic heterocycles. The Kier molecular flexibility index (Phi) is 3.36. The second-order valence-electron chi connectivity index (χ2n) is 4.77. The highest BCUT2D eigenvalue weighted by Crippen LogP contribution is 2.33. The van der Waals surface area contributed by atoms with Gasteiger partial charge in [0.15, 0.2) is 12.1 Å². The number of carbonyl (C=O) groups excluding carboxylic acids is 1. The maximum absolute atomic E-state index is 12.0. The van der Waals surface area contributed by atoms with Crippen molar-refractivity contribution in [3.05, 3.63) is 17.8 Å². The molecule has 2 N–H and O–H groups in total. The fourth-order valence-corrected chi connectivity index (χ4v) is 2.51. The van der Waals surface area contributed by atoms with Gasteiger partial charge in [-0.1, -0.05) is 12.8 Å². The number of amides is 1. The Morgan fingerprint density at radius 3 is 2.67 bits per heavy atom. The van der Waals surface area contributed by atoms with Gasteiger partial charge in [-0.05, 0) is 19.8 Å². The van der Waals surface area contributed by atoms with Gasteiger partial charge in [0.05, 0.1) is 12.0 Å². The predicted octanol–water partition coefficient (Wildman–Crippen LogP) is 1.50. The van der Waals surface area contributed by atoms with Crippen LogP contribution in [0.4, 0.5) is 0 Å². The molecule has 1 saturated carbocycles. The lowest BCUT2D eigenvalue weighted by Crippen LogP contribution is -2.48. The Balaban J connectivity index is 2.12. The SMILES string of the molecule is Cc1ocnc1C(=O)NC1(CC(=O)O)CCCC1. The molecule has 1 heterocycles. The first kappa shape index (κ1) is 12.6. The number of aromatic nitrogens is 1. The highest BCUT2D eigenvalue weighted by Gasteiger charge is 2.38. The summed E-state index contributed by atoms with van der Waals surface area (Å²) in [5.41, 5.74) is -0.402. The summed E-state index contributed by atoms with van der Waals surface area (Å²) in [6.07, 6.45) is 4.43. The van der Waals surface area contributed by atoms with Gasteiger partial charge in [0.25, 0.3) is 5.91 Å². The highest BCUT2D eigenvalue weighted by molar-refractivity contribution is 5.94. The number of oxazole rings is 1. The van der Waals surface area contributed by atoms with Crippen LogP contribution in [0.3, 0.4) is 0 Å². The molecular weight excluding hydrogens is 236 g/mol. The number of nitrogens with one attached hydrogen (secondary N) is 1. The van der Waals surface area contributed by atoms with Gasteiger partial charge in [0.1, 0.15) is 5.76 Å². The molecule has 0 radical (unpaired) electrons. The maximum atomic E-state index is 12.0. The number of nitrogens with zero attached hydrogens (tertiary/aromatic N) is 1. The fourth-order valence-electron chi connectivity index (χ4n) is 2.51. The number of hydrogen-bond acceptors (Lipinski definition) is 4. The molecule has 1 fully saturated rings. The van der Waals surface area contributed by atoms with Crippen molar-refractivity contribution in [3.63, 3.8) is 0 Å². The molecule has 18 heavy (non-hydrogen) atoms. The van der Waals surface area contributed by atoms with E-state index in [-0.39, 0.29) is 18.0 Å². The van der Waals surface area contributed by atoms with Gasteiger partial charge in [0, 0.05) is 0 Å². The monoisotopic (exact) mass is 252 g/mol. The first-order valence-corrected chi connectivity index (χ1v) is 5.97. The number of carbonyl (C=O) groups is 2. The number of aliphatic carboxylic acids is 1. The lowest BCUT2D eigenvalue weighted by atomic mass is 9.93. The third-order valence-electron chi connectivity index (χ3n) is 3.39. The Bertz CT molecular complexity index is 460. The molecular formula is C12H16N2O4. The van der Waals surface area contributed by atoms with Crippen molar-refractivity contribution in [3.8, 4) is 0 Å². The molecule has 1 amide bonds. The second kappa shape index (κ2) is 4.80. The van der Waals surface area contributed by atoms with E-state index in [1.54, 1.807) is 6.92 Å². The number of carboxylic acids is 1. The van der Waals surface area contributed by atoms with Gasteiger partial charge in [-0.2, -0.15) is 0 Å². The van der Waals surface area contributed by atoms with Crippen LogP contribution >= 0.6 is 0 Å². The van der Waals surface area contributed by atoms with Gasteiger partial charge in [-0.25, -0.2) is 4.98 Å². The van der Waals surface area contributed by atoms with E-state index in [2.05, 4.69) is 10.3 Å². The largest absolute Gasteiger partial charge is 0.481 e. The van der Waals surface area contributed by atoms with E-state index < -0.39 is 11.5 Å². The van der Waals surface area contributed by atoms with Crippen LogP contribution in [0.15, 0.2) is 10.8 Å². The highest BCUT2D eigenvalue weighted by atomic mass is 16.4. The van der Waals surface area contributed by atoms with Crippen molar-refractivity contribution in [1.29, 1.82) is 0 Å². The summed E-state index contributed by atoms with van der Waals surface area (Å²) in [6, 6.07) is 0. The number of carboxylic acid groups (broad SMARTS) is 1. The van der Waals surface area contributed by atoms with Crippen molar-refractivity contribution >= 4 is 11.9 Å². The van der Waals surface area contributed by atoms with Gasteiger partial charge >= 0.3 is 5.97 Å². The Morgan fingerprint density at radius 1 is 1.50 bits per heavy atom. The topological polar surface area (TPSA) is 92.4 Å². The smallest absolute Gasteiger partial charge is 0.305 e. The summed E-state index contributed by atoms with van der Waals surface area (Å²) in [5, 5.41) is 11.8. The van der Waals surface area contributed by atoms with Crippen LogP contribution in [0.2, 0.25) is 0 Å². The Hall–Kier alpha value is -1.85.